The second-order valence-electron chi connectivity index (χ2n) is 17.3. The number of aliphatic hydroxyl groups is 2. The van der Waals surface area contributed by atoms with Crippen molar-refractivity contribution in [3.8, 4) is 44.5 Å². The Bertz CT molecular complexity index is 3150. The van der Waals surface area contributed by atoms with E-state index in [1.165, 1.54) is 22.3 Å². The van der Waals surface area contributed by atoms with Crippen molar-refractivity contribution in [2.24, 2.45) is 0 Å². The number of hydrogen-bond acceptors (Lipinski definition) is 4. The Hall–Kier alpha value is -8.03. The predicted molar refractivity (Wildman–Crippen MR) is 282 cm³/mol. The third-order valence-corrected chi connectivity index (χ3v) is 12.3. The summed E-state index contributed by atoms with van der Waals surface area (Å²) in [6, 6.07) is 60.9. The van der Waals surface area contributed by atoms with Gasteiger partial charge in [0, 0.05) is 11.1 Å². The van der Waals surface area contributed by atoms with E-state index >= 15 is 0 Å². The molecule has 0 saturated carbocycles. The van der Waals surface area contributed by atoms with Crippen molar-refractivity contribution < 1.29 is 31.9 Å². The van der Waals surface area contributed by atoms with Gasteiger partial charge in [-0.15, -0.1) is 22.1 Å². The average molecular weight is 929 g/mol. The number of nitrogens with zero attached hydrogens (tertiary/aromatic N) is 4. The van der Waals surface area contributed by atoms with Gasteiger partial charge in [-0.3, -0.25) is 0 Å². The first-order chi connectivity index (χ1) is 33.2. The second-order valence-corrected chi connectivity index (χ2v) is 17.3. The Morgan fingerprint density at radius 1 is 0.319 bits per heavy atom. The van der Waals surface area contributed by atoms with E-state index in [9.17, 15) is 10.2 Å². The summed E-state index contributed by atoms with van der Waals surface area (Å²) in [5, 5.41) is 19.7. The minimum absolute atomic E-state index is 0. The number of aromatic nitrogens is 4. The van der Waals surface area contributed by atoms with E-state index in [0.29, 0.717) is 11.1 Å². The molecule has 9 aromatic rings. The molecule has 2 N–H and O–H groups in total. The van der Waals surface area contributed by atoms with Gasteiger partial charge < -0.3 is 20.2 Å². The Morgan fingerprint density at radius 2 is 0.551 bits per heavy atom. The summed E-state index contributed by atoms with van der Waals surface area (Å²) in [6.45, 7) is 8.45. The molecule has 6 nitrogen and oxygen atoms in total. The van der Waals surface area contributed by atoms with Crippen molar-refractivity contribution in [3.63, 3.8) is 0 Å². The van der Waals surface area contributed by atoms with Crippen LogP contribution in [0.5, 0.6) is 0 Å². The van der Waals surface area contributed by atoms with Gasteiger partial charge in [0.1, 0.15) is 0 Å². The Balaban J connectivity index is 0.000000296. The maximum absolute atomic E-state index is 9.87. The molecule has 6 aromatic carbocycles. The van der Waals surface area contributed by atoms with E-state index < -0.39 is 0 Å². The minimum atomic E-state index is -0.105. The van der Waals surface area contributed by atoms with Gasteiger partial charge in [0.05, 0.1) is 22.8 Å². The largest absolute Gasteiger partial charge is 2.00 e. The first-order valence-electron chi connectivity index (χ1n) is 22.7. The summed E-state index contributed by atoms with van der Waals surface area (Å²) >= 11 is 0. The molecular weight excluding hydrogens is 881 g/mol. The van der Waals surface area contributed by atoms with Crippen LogP contribution in [0.3, 0.4) is 0 Å². The van der Waals surface area contributed by atoms with Crippen LogP contribution in [-0.2, 0) is 21.7 Å². The van der Waals surface area contributed by atoms with Crippen LogP contribution < -0.4 is 9.97 Å². The van der Waals surface area contributed by atoms with Gasteiger partial charge in [0.25, 0.3) is 0 Å². The number of benzene rings is 6. The first kappa shape index (κ1) is 46.1. The van der Waals surface area contributed by atoms with E-state index in [-0.39, 0.29) is 33.2 Å². The van der Waals surface area contributed by atoms with Crippen molar-refractivity contribution in [1.82, 2.24) is 19.9 Å². The molecule has 0 saturated heterocycles. The molecule has 0 spiro atoms. The Labute approximate surface area is 417 Å². The van der Waals surface area contributed by atoms with Crippen LogP contribution >= 0.6 is 0 Å². The number of fused-ring (bicyclic) bond motifs is 8. The zero-order valence-electron chi connectivity index (χ0n) is 38.8. The Kier molecular flexibility index (Phi) is 13.4. The third-order valence-electron chi connectivity index (χ3n) is 12.3. The normalized spacial score (nSPS) is 11.9. The van der Waals surface area contributed by atoms with Crippen LogP contribution in [0.15, 0.2) is 182 Å². The molecule has 0 unspecified atom stereocenters. The van der Waals surface area contributed by atoms with Crippen LogP contribution in [0, 0.1) is 27.7 Å². The van der Waals surface area contributed by atoms with E-state index in [0.717, 1.165) is 89.4 Å². The quantitative estimate of drug-likeness (QED) is 0.0980. The number of aryl methyl sites for hydroxylation is 4. The minimum Gasteiger partial charge on any atom is -0.657 e. The molecule has 2 aliphatic rings. The molecule has 5 heterocycles. The van der Waals surface area contributed by atoms with Crippen molar-refractivity contribution in [2.45, 2.75) is 27.7 Å². The number of hydrogen-bond donors (Lipinski definition) is 2. The molecule has 0 aliphatic carbocycles. The molecule has 0 radical (unpaired) electrons. The fraction of sp³-hybridized carbons (Fsp3) is 0.0645. The molecule has 0 fully saturated rings. The van der Waals surface area contributed by atoms with Gasteiger partial charge in [0.15, 0.2) is 11.5 Å². The molecule has 332 valence electrons. The van der Waals surface area contributed by atoms with E-state index in [4.69, 9.17) is 19.9 Å². The summed E-state index contributed by atoms with van der Waals surface area (Å²) < 4.78 is 0. The molecule has 0 amide bonds. The standard InChI is InChI=1S/C48H36N4.C14H12O2.Ti/c1-29-5-13-33(14-6-29)45-37-21-23-39(49-37)46(34-15-7-30(2)8-16-34)41-25-27-43(51-41)48(36-19-11-32(4)12-20-36)44-28-26-42(52-44)47(40-24-22-38(45)50-40)35-17-9-31(3)10-18-35;15-13(11-7-3-1-4-8-11)14(16)12-9-5-2-6-10-12;/h5-28H,1-4H3;1-10,15-16H;/q-2;;+2/b;14-13-;. The molecule has 11 rings (SSSR count). The molecule has 8 bridgehead atoms. The molecule has 69 heavy (non-hydrogen) atoms. The summed E-state index contributed by atoms with van der Waals surface area (Å²) in [4.78, 5) is 21.5. The maximum atomic E-state index is 9.87. The number of aliphatic hydroxyl groups excluding tert-OH is 2. The SMILES string of the molecule is Cc1ccc(-c2c3nc(c(-c4ccc(C)cc4)c4ccc([n-]4)c(-c4ccc(C)cc4)c4nc(c(-c5ccc(C)cc5)c5ccc2[n-]5)C=C4)C=C3)cc1.O/C(=C(\O)c1ccccc1)c1ccccc1.[Ti+2]. The Morgan fingerprint density at radius 3 is 0.783 bits per heavy atom. The van der Waals surface area contributed by atoms with Gasteiger partial charge in [0.2, 0.25) is 0 Å². The fourth-order valence-electron chi connectivity index (χ4n) is 8.62. The van der Waals surface area contributed by atoms with Crippen molar-refractivity contribution in [2.75, 3.05) is 0 Å². The third kappa shape index (κ3) is 9.72. The van der Waals surface area contributed by atoms with Crippen LogP contribution in [0.4, 0.5) is 0 Å². The molecular formula is C62H48N4O2Ti. The van der Waals surface area contributed by atoms with Crippen LogP contribution in [0.25, 0.3) is 102 Å². The summed E-state index contributed by atoms with van der Waals surface area (Å²) in [5.41, 5.74) is 21.1. The second kappa shape index (κ2) is 20.1. The topological polar surface area (TPSA) is 94.4 Å². The number of rotatable bonds is 6. The zero-order valence-corrected chi connectivity index (χ0v) is 40.4. The summed E-state index contributed by atoms with van der Waals surface area (Å²) in [7, 11) is 0. The molecule has 3 aromatic heterocycles. The van der Waals surface area contributed by atoms with Gasteiger partial charge in [-0.2, -0.15) is 0 Å². The molecule has 0 atom stereocenters. The fourth-order valence-corrected chi connectivity index (χ4v) is 8.62. The van der Waals surface area contributed by atoms with Gasteiger partial charge in [-0.1, -0.05) is 204 Å². The first-order valence-corrected chi connectivity index (χ1v) is 22.7. The van der Waals surface area contributed by atoms with Gasteiger partial charge >= 0.3 is 21.7 Å². The molecule has 7 heteroatoms. The van der Waals surface area contributed by atoms with Gasteiger partial charge in [-0.25, -0.2) is 9.97 Å². The van der Waals surface area contributed by atoms with Crippen LogP contribution in [0.1, 0.15) is 56.2 Å². The van der Waals surface area contributed by atoms with Crippen molar-refractivity contribution >= 4 is 57.9 Å². The molecule has 2 aliphatic heterocycles. The maximum Gasteiger partial charge on any atom is 2.00 e. The van der Waals surface area contributed by atoms with E-state index in [1.807, 2.05) is 36.4 Å². The van der Waals surface area contributed by atoms with Crippen LogP contribution in [0.2, 0.25) is 0 Å². The summed E-state index contributed by atoms with van der Waals surface area (Å²) in [6.07, 6.45) is 8.48. The predicted octanol–water partition coefficient (Wildman–Crippen LogP) is 15.4. The van der Waals surface area contributed by atoms with Gasteiger partial charge in [-0.05, 0) is 96.5 Å². The van der Waals surface area contributed by atoms with Crippen molar-refractivity contribution in [1.29, 1.82) is 0 Å². The van der Waals surface area contributed by atoms with E-state index in [1.54, 1.807) is 24.3 Å². The van der Waals surface area contributed by atoms with E-state index in [2.05, 4.69) is 173 Å². The average Bonchev–Trinajstić information content (AvgIpc) is 4.23. The zero-order chi connectivity index (χ0) is 46.7. The monoisotopic (exact) mass is 928 g/mol. The van der Waals surface area contributed by atoms with Crippen molar-refractivity contribution in [3.05, 3.63) is 238 Å². The van der Waals surface area contributed by atoms with Crippen LogP contribution in [-0.4, -0.2) is 20.2 Å². The summed E-state index contributed by atoms with van der Waals surface area (Å²) in [5.74, 6) is -0.210. The smallest absolute Gasteiger partial charge is 0.657 e.